The van der Waals surface area contributed by atoms with Crippen molar-refractivity contribution in [3.8, 4) is 0 Å². The summed E-state index contributed by atoms with van der Waals surface area (Å²) in [6, 6.07) is 4.30. The Kier molecular flexibility index (Phi) is 5.69. The van der Waals surface area contributed by atoms with Crippen LogP contribution in [0.1, 0.15) is 27.1 Å². The molecule has 1 aromatic carbocycles. The van der Waals surface area contributed by atoms with E-state index < -0.39 is 35.2 Å². The van der Waals surface area contributed by atoms with Crippen LogP contribution in [-0.4, -0.2) is 55.2 Å². The van der Waals surface area contributed by atoms with Crippen LogP contribution in [0.25, 0.3) is 0 Å². The number of esters is 2. The van der Waals surface area contributed by atoms with Gasteiger partial charge in [-0.2, -0.15) is 0 Å². The molecule has 0 unspecified atom stereocenters. The summed E-state index contributed by atoms with van der Waals surface area (Å²) in [6.45, 7) is 0. The number of ether oxygens (including phenoxy) is 2. The fourth-order valence-electron chi connectivity index (χ4n) is 2.62. The first-order valence-electron chi connectivity index (χ1n) is 7.21. The topological polar surface area (TPSA) is 103 Å². The van der Waals surface area contributed by atoms with E-state index in [0.717, 1.165) is 0 Å². The van der Waals surface area contributed by atoms with Crippen molar-refractivity contribution in [1.82, 2.24) is 0 Å². The second-order valence-corrected chi connectivity index (χ2v) is 5.77. The number of carbonyl (C=O) groups excluding carboxylic acids is 4. The highest BCUT2D eigenvalue weighted by molar-refractivity contribution is 6.39. The number of methoxy groups -OCH3 is 2. The van der Waals surface area contributed by atoms with Crippen molar-refractivity contribution in [2.24, 2.45) is 0 Å². The van der Waals surface area contributed by atoms with Gasteiger partial charge in [-0.3, -0.25) is 14.4 Å². The van der Waals surface area contributed by atoms with Gasteiger partial charge in [-0.25, -0.2) is 4.79 Å². The zero-order valence-electron chi connectivity index (χ0n) is 13.2. The quantitative estimate of drug-likeness (QED) is 0.575. The minimum Gasteiger partial charge on any atom is -0.469 e. The lowest BCUT2D eigenvalue weighted by Gasteiger charge is -2.27. The van der Waals surface area contributed by atoms with E-state index >= 15 is 0 Å². The van der Waals surface area contributed by atoms with Crippen molar-refractivity contribution in [1.29, 1.82) is 0 Å². The number of hydrogen-bond acceptors (Lipinski definition) is 6. The normalized spacial score (nSPS) is 21.0. The predicted octanol–water partition coefficient (Wildman–Crippen LogP) is -0.290. The molecule has 0 saturated carbocycles. The van der Waals surface area contributed by atoms with Crippen molar-refractivity contribution >= 4 is 35.1 Å². The standard InChI is InChI=1S/C16H16ClNO6/c1-23-11(19)7-10(16(22)24-2)18-13-12(17)14(20)8-5-3-4-6-9(8)15(13)21/h3-6,10,12-13,18H,7H2,1-2H3/p+1/t10-,12+,13+/m1/s1. The monoisotopic (exact) mass is 354 g/mol. The number of nitrogens with two attached hydrogens (primary N) is 1. The number of rotatable bonds is 5. The molecular weight excluding hydrogens is 338 g/mol. The molecule has 0 saturated heterocycles. The Morgan fingerprint density at radius 3 is 2.25 bits per heavy atom. The average molecular weight is 355 g/mol. The Labute approximate surface area is 143 Å². The molecule has 0 radical (unpaired) electrons. The molecule has 8 heteroatoms. The number of halogens is 1. The number of hydrogen-bond donors (Lipinski definition) is 1. The lowest BCUT2D eigenvalue weighted by Crippen LogP contribution is -3.00. The van der Waals surface area contributed by atoms with Gasteiger partial charge in [0.05, 0.1) is 14.2 Å². The largest absolute Gasteiger partial charge is 0.469 e. The summed E-state index contributed by atoms with van der Waals surface area (Å²) in [7, 11) is 2.36. The van der Waals surface area contributed by atoms with Gasteiger partial charge in [0.15, 0.2) is 23.2 Å². The van der Waals surface area contributed by atoms with E-state index in [1.54, 1.807) is 12.1 Å². The maximum absolute atomic E-state index is 12.6. The van der Waals surface area contributed by atoms with E-state index in [2.05, 4.69) is 9.47 Å². The second kappa shape index (κ2) is 7.55. The minimum atomic E-state index is -1.14. The molecule has 1 aromatic rings. The molecule has 0 amide bonds. The van der Waals surface area contributed by atoms with Crippen molar-refractivity contribution in [3.63, 3.8) is 0 Å². The third kappa shape index (κ3) is 3.47. The molecule has 1 aliphatic rings. The van der Waals surface area contributed by atoms with Crippen molar-refractivity contribution in [2.75, 3.05) is 14.2 Å². The molecule has 24 heavy (non-hydrogen) atoms. The molecule has 0 bridgehead atoms. The van der Waals surface area contributed by atoms with Gasteiger partial charge in [0, 0.05) is 11.1 Å². The summed E-state index contributed by atoms with van der Waals surface area (Å²) < 4.78 is 9.19. The van der Waals surface area contributed by atoms with E-state index in [4.69, 9.17) is 11.6 Å². The van der Waals surface area contributed by atoms with Gasteiger partial charge in [-0.1, -0.05) is 24.3 Å². The number of quaternary nitrogens is 1. The molecular formula is C16H17ClNO6+. The van der Waals surface area contributed by atoms with Gasteiger partial charge in [0.2, 0.25) is 5.78 Å². The highest BCUT2D eigenvalue weighted by atomic mass is 35.5. The van der Waals surface area contributed by atoms with Gasteiger partial charge in [0.25, 0.3) is 0 Å². The number of fused-ring (bicyclic) bond motifs is 1. The molecule has 0 aromatic heterocycles. The van der Waals surface area contributed by atoms with E-state index in [9.17, 15) is 19.2 Å². The summed E-state index contributed by atoms with van der Waals surface area (Å²) in [5.41, 5.74) is 0.511. The molecule has 2 rings (SSSR count). The van der Waals surface area contributed by atoms with Crippen molar-refractivity contribution in [3.05, 3.63) is 35.4 Å². The van der Waals surface area contributed by atoms with Crippen LogP contribution in [0.4, 0.5) is 0 Å². The highest BCUT2D eigenvalue weighted by Crippen LogP contribution is 2.23. The molecule has 128 valence electrons. The summed E-state index contributed by atoms with van der Waals surface area (Å²) in [6.07, 6.45) is -0.299. The van der Waals surface area contributed by atoms with Gasteiger partial charge >= 0.3 is 11.9 Å². The van der Waals surface area contributed by atoms with E-state index in [1.807, 2.05) is 0 Å². The summed E-state index contributed by atoms with van der Waals surface area (Å²) >= 11 is 6.15. The van der Waals surface area contributed by atoms with Gasteiger partial charge in [-0.05, 0) is 0 Å². The summed E-state index contributed by atoms with van der Waals surface area (Å²) in [4.78, 5) is 48.4. The average Bonchev–Trinajstić information content (AvgIpc) is 2.61. The molecule has 7 nitrogen and oxygen atoms in total. The highest BCUT2D eigenvalue weighted by Gasteiger charge is 2.45. The van der Waals surface area contributed by atoms with E-state index in [-0.39, 0.29) is 23.3 Å². The van der Waals surface area contributed by atoms with Crippen LogP contribution in [-0.2, 0) is 19.1 Å². The lowest BCUT2D eigenvalue weighted by atomic mass is 9.85. The number of carbonyl (C=O) groups is 4. The third-order valence-electron chi connectivity index (χ3n) is 3.88. The first-order chi connectivity index (χ1) is 11.4. The van der Waals surface area contributed by atoms with Crippen LogP contribution < -0.4 is 5.32 Å². The van der Waals surface area contributed by atoms with Crippen LogP contribution in [0.2, 0.25) is 0 Å². The SMILES string of the molecule is COC(=O)C[C@@H]([NH2+][C@@H]1C(=O)c2ccccc2C(=O)[C@H]1Cl)C(=O)OC. The number of benzene rings is 1. The fraction of sp³-hybridized carbons (Fsp3) is 0.375. The number of ketones is 2. The van der Waals surface area contributed by atoms with Crippen LogP contribution in [0, 0.1) is 0 Å². The zero-order valence-corrected chi connectivity index (χ0v) is 13.9. The maximum Gasteiger partial charge on any atom is 0.365 e. The zero-order chi connectivity index (χ0) is 17.9. The molecule has 0 spiro atoms. The minimum absolute atomic E-state index is 0.252. The maximum atomic E-state index is 12.6. The summed E-state index contributed by atoms with van der Waals surface area (Å²) in [5, 5.41) is 0.161. The predicted molar refractivity (Wildman–Crippen MR) is 82.9 cm³/mol. The van der Waals surface area contributed by atoms with E-state index in [1.165, 1.54) is 31.7 Å². The van der Waals surface area contributed by atoms with Crippen LogP contribution >= 0.6 is 11.6 Å². The molecule has 1 aliphatic carbocycles. The molecule has 0 fully saturated rings. The Balaban J connectivity index is 2.29. The van der Waals surface area contributed by atoms with Gasteiger partial charge < -0.3 is 14.8 Å². The fourth-order valence-corrected chi connectivity index (χ4v) is 2.93. The van der Waals surface area contributed by atoms with Crippen molar-refractivity contribution in [2.45, 2.75) is 23.9 Å². The lowest BCUT2D eigenvalue weighted by molar-refractivity contribution is -0.695. The first-order valence-corrected chi connectivity index (χ1v) is 7.65. The van der Waals surface area contributed by atoms with Crippen molar-refractivity contribution < 1.29 is 34.0 Å². The number of alkyl halides is 1. The van der Waals surface area contributed by atoms with Crippen LogP contribution in [0.15, 0.2) is 24.3 Å². The Bertz CT molecular complexity index is 689. The third-order valence-corrected chi connectivity index (χ3v) is 4.35. The van der Waals surface area contributed by atoms with Crippen LogP contribution in [0.5, 0.6) is 0 Å². The van der Waals surface area contributed by atoms with Gasteiger partial charge in [0.1, 0.15) is 6.42 Å². The Morgan fingerprint density at radius 2 is 1.71 bits per heavy atom. The molecule has 0 aliphatic heterocycles. The smallest absolute Gasteiger partial charge is 0.365 e. The number of Topliss-reactive ketones (excluding diaryl/α,β-unsaturated/α-hetero) is 2. The van der Waals surface area contributed by atoms with Crippen LogP contribution in [0.3, 0.4) is 0 Å². The summed E-state index contributed by atoms with van der Waals surface area (Å²) in [5.74, 6) is -2.11. The molecule has 2 N–H and O–H groups in total. The molecule has 3 atom stereocenters. The second-order valence-electron chi connectivity index (χ2n) is 5.30. The molecule has 0 heterocycles. The first kappa shape index (κ1) is 18.1. The Hall–Kier alpha value is -2.25. The van der Waals surface area contributed by atoms with E-state index in [0.29, 0.717) is 0 Å². The Morgan fingerprint density at radius 1 is 1.12 bits per heavy atom. The van der Waals surface area contributed by atoms with Gasteiger partial charge in [-0.15, -0.1) is 11.6 Å².